The van der Waals surface area contributed by atoms with Crippen molar-refractivity contribution in [2.75, 3.05) is 6.54 Å². The highest BCUT2D eigenvalue weighted by Gasteiger charge is 2.13. The van der Waals surface area contributed by atoms with Gasteiger partial charge in [-0.25, -0.2) is 4.79 Å². The van der Waals surface area contributed by atoms with E-state index in [0.29, 0.717) is 12.1 Å². The number of carboxylic acid groups (broad SMARTS) is 1. The zero-order chi connectivity index (χ0) is 12.6. The molecule has 0 fully saturated rings. The minimum Gasteiger partial charge on any atom is -0.478 e. The van der Waals surface area contributed by atoms with E-state index in [-0.39, 0.29) is 0 Å². The van der Waals surface area contributed by atoms with Gasteiger partial charge in [-0.2, -0.15) is 0 Å². The topological polar surface area (TPSA) is 68.2 Å². The summed E-state index contributed by atoms with van der Waals surface area (Å²) in [4.78, 5) is 11.0. The van der Waals surface area contributed by atoms with Crippen molar-refractivity contribution in [2.24, 2.45) is 12.8 Å². The molecular weight excluding hydrogens is 216 g/mol. The van der Waals surface area contributed by atoms with Gasteiger partial charge in [0.2, 0.25) is 0 Å². The van der Waals surface area contributed by atoms with E-state index in [1.165, 1.54) is 0 Å². The third-order valence-electron chi connectivity index (χ3n) is 3.26. The van der Waals surface area contributed by atoms with E-state index in [4.69, 9.17) is 10.8 Å². The van der Waals surface area contributed by atoms with E-state index in [2.05, 4.69) is 4.57 Å². The van der Waals surface area contributed by atoms with Crippen molar-refractivity contribution in [3.63, 3.8) is 0 Å². The Balaban J connectivity index is 2.73. The molecule has 0 unspecified atom stereocenters. The second kappa shape index (κ2) is 4.22. The molecule has 4 heteroatoms. The Morgan fingerprint density at radius 2 is 2.18 bits per heavy atom. The van der Waals surface area contributed by atoms with Gasteiger partial charge in [0, 0.05) is 23.6 Å². The van der Waals surface area contributed by atoms with Gasteiger partial charge in [-0.3, -0.25) is 0 Å². The molecular formula is C13H16N2O2. The van der Waals surface area contributed by atoms with Crippen LogP contribution in [0.4, 0.5) is 0 Å². The van der Waals surface area contributed by atoms with E-state index in [1.54, 1.807) is 12.1 Å². The van der Waals surface area contributed by atoms with Crippen LogP contribution in [0.15, 0.2) is 18.2 Å². The van der Waals surface area contributed by atoms with E-state index >= 15 is 0 Å². The first kappa shape index (κ1) is 11.7. The predicted octanol–water partition coefficient (Wildman–Crippen LogP) is 1.69. The minimum absolute atomic E-state index is 0.321. The molecule has 1 aromatic heterocycles. The van der Waals surface area contributed by atoms with Gasteiger partial charge >= 0.3 is 5.97 Å². The number of aryl methyl sites for hydroxylation is 1. The van der Waals surface area contributed by atoms with Crippen LogP contribution in [0.3, 0.4) is 0 Å². The SMILES string of the molecule is Cc1c(CCN)c2cc(C(=O)O)ccc2n1C. The molecule has 0 spiro atoms. The molecule has 2 aromatic rings. The lowest BCUT2D eigenvalue weighted by Gasteiger charge is -1.99. The van der Waals surface area contributed by atoms with Gasteiger partial charge in [-0.15, -0.1) is 0 Å². The minimum atomic E-state index is -0.896. The van der Waals surface area contributed by atoms with Crippen LogP contribution in [-0.2, 0) is 13.5 Å². The monoisotopic (exact) mass is 232 g/mol. The number of fused-ring (bicyclic) bond motifs is 1. The number of nitrogens with zero attached hydrogens (tertiary/aromatic N) is 1. The number of aromatic nitrogens is 1. The molecule has 90 valence electrons. The fourth-order valence-corrected chi connectivity index (χ4v) is 2.24. The molecule has 0 aliphatic carbocycles. The Kier molecular flexibility index (Phi) is 2.90. The van der Waals surface area contributed by atoms with Crippen LogP contribution in [0.1, 0.15) is 21.6 Å². The average Bonchev–Trinajstić information content (AvgIpc) is 2.54. The third kappa shape index (κ3) is 1.80. The predicted molar refractivity (Wildman–Crippen MR) is 67.4 cm³/mol. The second-order valence-corrected chi connectivity index (χ2v) is 4.20. The summed E-state index contributed by atoms with van der Waals surface area (Å²) in [6.07, 6.45) is 0.770. The van der Waals surface area contributed by atoms with Crippen LogP contribution < -0.4 is 5.73 Å². The number of hydrogen-bond donors (Lipinski definition) is 2. The summed E-state index contributed by atoms with van der Waals surface area (Å²) in [5.74, 6) is -0.896. The van der Waals surface area contributed by atoms with Crippen LogP contribution in [0.5, 0.6) is 0 Å². The molecule has 1 aromatic carbocycles. The number of carboxylic acids is 1. The molecule has 0 saturated heterocycles. The van der Waals surface area contributed by atoms with E-state index in [0.717, 1.165) is 28.6 Å². The lowest BCUT2D eigenvalue weighted by Crippen LogP contribution is -2.04. The first-order valence-corrected chi connectivity index (χ1v) is 5.57. The maximum atomic E-state index is 11.0. The average molecular weight is 232 g/mol. The molecule has 0 amide bonds. The van der Waals surface area contributed by atoms with Gasteiger partial charge in [0.1, 0.15) is 0 Å². The Bertz CT molecular complexity index is 585. The molecule has 3 N–H and O–H groups in total. The first-order chi connectivity index (χ1) is 8.06. The molecule has 0 radical (unpaired) electrons. The lowest BCUT2D eigenvalue weighted by molar-refractivity contribution is 0.0697. The number of aromatic carboxylic acids is 1. The molecule has 0 atom stereocenters. The van der Waals surface area contributed by atoms with Crippen LogP contribution >= 0.6 is 0 Å². The van der Waals surface area contributed by atoms with Crippen molar-refractivity contribution in [1.29, 1.82) is 0 Å². The quantitative estimate of drug-likeness (QED) is 0.846. The van der Waals surface area contributed by atoms with Crippen LogP contribution in [0, 0.1) is 6.92 Å². The molecule has 0 saturated carbocycles. The Hall–Kier alpha value is -1.81. The van der Waals surface area contributed by atoms with Crippen molar-refractivity contribution in [3.05, 3.63) is 35.0 Å². The summed E-state index contributed by atoms with van der Waals surface area (Å²) in [6, 6.07) is 5.22. The maximum Gasteiger partial charge on any atom is 0.335 e. The van der Waals surface area contributed by atoms with Gasteiger partial charge in [0.25, 0.3) is 0 Å². The maximum absolute atomic E-state index is 11.0. The third-order valence-corrected chi connectivity index (χ3v) is 3.26. The second-order valence-electron chi connectivity index (χ2n) is 4.20. The zero-order valence-corrected chi connectivity index (χ0v) is 10.0. The highest BCUT2D eigenvalue weighted by molar-refractivity contribution is 5.95. The molecule has 0 aliphatic heterocycles. The Labute approximate surface area is 99.7 Å². The molecule has 1 heterocycles. The first-order valence-electron chi connectivity index (χ1n) is 5.57. The number of hydrogen-bond acceptors (Lipinski definition) is 2. The van der Waals surface area contributed by atoms with Crippen molar-refractivity contribution in [1.82, 2.24) is 4.57 Å². The fourth-order valence-electron chi connectivity index (χ4n) is 2.24. The highest BCUT2D eigenvalue weighted by Crippen LogP contribution is 2.26. The van der Waals surface area contributed by atoms with Crippen molar-refractivity contribution < 1.29 is 9.90 Å². The normalized spacial score (nSPS) is 11.0. The molecule has 2 rings (SSSR count). The number of rotatable bonds is 3. The van der Waals surface area contributed by atoms with Crippen LogP contribution in [0.2, 0.25) is 0 Å². The zero-order valence-electron chi connectivity index (χ0n) is 10.0. The summed E-state index contributed by atoms with van der Waals surface area (Å²) in [6.45, 7) is 2.60. The lowest BCUT2D eigenvalue weighted by atomic mass is 10.1. The molecule has 0 aliphatic rings. The van der Waals surface area contributed by atoms with Gasteiger partial charge in [-0.1, -0.05) is 0 Å². The van der Waals surface area contributed by atoms with E-state index in [9.17, 15) is 4.79 Å². The van der Waals surface area contributed by atoms with Crippen molar-refractivity contribution >= 4 is 16.9 Å². The molecule has 0 bridgehead atoms. The summed E-state index contributed by atoms with van der Waals surface area (Å²) in [5.41, 5.74) is 9.27. The Morgan fingerprint density at radius 3 is 2.76 bits per heavy atom. The molecule has 4 nitrogen and oxygen atoms in total. The van der Waals surface area contributed by atoms with E-state index < -0.39 is 5.97 Å². The largest absolute Gasteiger partial charge is 0.478 e. The van der Waals surface area contributed by atoms with Gasteiger partial charge in [0.05, 0.1) is 5.56 Å². The standard InChI is InChI=1S/C13H16N2O2/c1-8-10(5-6-14)11-7-9(13(16)17)3-4-12(11)15(8)2/h3-4,7H,5-6,14H2,1-2H3,(H,16,17). The Morgan fingerprint density at radius 1 is 1.47 bits per heavy atom. The van der Waals surface area contributed by atoms with Crippen LogP contribution in [0.25, 0.3) is 10.9 Å². The van der Waals surface area contributed by atoms with Gasteiger partial charge in [-0.05, 0) is 43.7 Å². The van der Waals surface area contributed by atoms with Crippen molar-refractivity contribution in [3.8, 4) is 0 Å². The smallest absolute Gasteiger partial charge is 0.335 e. The summed E-state index contributed by atoms with van der Waals surface area (Å²) in [5, 5.41) is 10.0. The van der Waals surface area contributed by atoms with Crippen molar-refractivity contribution in [2.45, 2.75) is 13.3 Å². The fraction of sp³-hybridized carbons (Fsp3) is 0.308. The van der Waals surface area contributed by atoms with Gasteiger partial charge in [0.15, 0.2) is 0 Å². The number of carbonyl (C=O) groups is 1. The summed E-state index contributed by atoms with van der Waals surface area (Å²) in [7, 11) is 1.98. The summed E-state index contributed by atoms with van der Waals surface area (Å²) < 4.78 is 2.08. The number of nitrogens with two attached hydrogens (primary N) is 1. The summed E-state index contributed by atoms with van der Waals surface area (Å²) >= 11 is 0. The van der Waals surface area contributed by atoms with E-state index in [1.807, 2.05) is 20.0 Å². The van der Waals surface area contributed by atoms with Gasteiger partial charge < -0.3 is 15.4 Å². The molecule has 17 heavy (non-hydrogen) atoms. The highest BCUT2D eigenvalue weighted by atomic mass is 16.4. The van der Waals surface area contributed by atoms with Crippen LogP contribution in [-0.4, -0.2) is 22.2 Å². The number of benzene rings is 1.